The lowest BCUT2D eigenvalue weighted by Crippen LogP contribution is -2.48. The van der Waals surface area contributed by atoms with E-state index in [0.717, 1.165) is 0 Å². The number of halogens is 3. The molecule has 0 aliphatic rings. The number of amides is 1. The third kappa shape index (κ3) is 7.85. The molecule has 0 aromatic heterocycles. The molecule has 3 N–H and O–H groups in total. The first-order valence-corrected chi connectivity index (χ1v) is 6.42. The Labute approximate surface area is 117 Å². The third-order valence-electron chi connectivity index (χ3n) is 2.57. The second-order valence-electron chi connectivity index (χ2n) is 4.96. The highest BCUT2D eigenvalue weighted by Crippen LogP contribution is 2.18. The third-order valence-corrected chi connectivity index (χ3v) is 2.57. The topological polar surface area (TPSA) is 65.5 Å². The number of carbonyl (C=O) groups excluding carboxylic acids is 1. The Hall–Kier alpha value is -1.47. The van der Waals surface area contributed by atoms with Crippen LogP contribution in [0.15, 0.2) is 4.99 Å². The molecular weight excluding hydrogens is 273 g/mol. The lowest BCUT2D eigenvalue weighted by molar-refractivity contribution is -0.132. The average molecular weight is 296 g/mol. The van der Waals surface area contributed by atoms with Gasteiger partial charge in [-0.1, -0.05) is 0 Å². The second-order valence-corrected chi connectivity index (χ2v) is 4.96. The fourth-order valence-corrected chi connectivity index (χ4v) is 1.33. The van der Waals surface area contributed by atoms with Crippen molar-refractivity contribution in [3.8, 4) is 0 Å². The Balaban J connectivity index is 4.22. The normalized spacial score (nSPS) is 13.1. The largest absolute Gasteiger partial charge is 0.390 e. The maximum absolute atomic E-state index is 12.0. The smallest absolute Gasteiger partial charge is 0.356 e. The van der Waals surface area contributed by atoms with Crippen LogP contribution in [0.1, 0.15) is 27.2 Å². The first-order valence-electron chi connectivity index (χ1n) is 6.42. The molecule has 20 heavy (non-hydrogen) atoms. The molecule has 0 aromatic rings. The van der Waals surface area contributed by atoms with E-state index < -0.39 is 18.0 Å². The second kappa shape index (κ2) is 7.96. The van der Waals surface area contributed by atoms with Crippen molar-refractivity contribution in [2.75, 3.05) is 26.7 Å². The van der Waals surface area contributed by atoms with Crippen LogP contribution in [-0.4, -0.2) is 44.7 Å². The number of alkyl halides is 3. The fourth-order valence-electron chi connectivity index (χ4n) is 1.33. The molecule has 0 atom stereocenters. The Morgan fingerprint density at radius 1 is 1.15 bits per heavy atom. The zero-order valence-electron chi connectivity index (χ0n) is 12.3. The molecule has 0 heterocycles. The van der Waals surface area contributed by atoms with Gasteiger partial charge in [0.05, 0.1) is 11.8 Å². The highest BCUT2D eigenvalue weighted by Gasteiger charge is 2.28. The Kier molecular flexibility index (Phi) is 7.38. The van der Waals surface area contributed by atoms with Crippen molar-refractivity contribution in [1.29, 1.82) is 0 Å². The number of hydrogen-bond donors (Lipinski definition) is 3. The highest BCUT2D eigenvalue weighted by molar-refractivity contribution is 5.84. The molecule has 0 fully saturated rings. The summed E-state index contributed by atoms with van der Waals surface area (Å²) >= 11 is 0. The molecule has 8 heteroatoms. The van der Waals surface area contributed by atoms with Gasteiger partial charge in [-0.15, -0.1) is 0 Å². The van der Waals surface area contributed by atoms with Crippen LogP contribution in [0.2, 0.25) is 0 Å². The predicted octanol–water partition coefficient (Wildman–Crippen LogP) is 1.27. The van der Waals surface area contributed by atoms with Crippen LogP contribution in [0.25, 0.3) is 0 Å². The number of guanidine groups is 1. The van der Waals surface area contributed by atoms with Crippen molar-refractivity contribution in [2.45, 2.75) is 33.4 Å². The zero-order valence-corrected chi connectivity index (χ0v) is 12.3. The van der Waals surface area contributed by atoms with E-state index >= 15 is 0 Å². The molecule has 0 spiro atoms. The van der Waals surface area contributed by atoms with Gasteiger partial charge in [0.25, 0.3) is 0 Å². The summed E-state index contributed by atoms with van der Waals surface area (Å²) in [5.41, 5.74) is -0.683. The van der Waals surface area contributed by atoms with Crippen molar-refractivity contribution >= 4 is 11.9 Å². The van der Waals surface area contributed by atoms with Crippen LogP contribution in [0, 0.1) is 5.41 Å². The van der Waals surface area contributed by atoms with Crippen molar-refractivity contribution in [1.82, 2.24) is 16.0 Å². The molecule has 1 amide bonds. The van der Waals surface area contributed by atoms with Gasteiger partial charge in [0, 0.05) is 26.7 Å². The van der Waals surface area contributed by atoms with E-state index in [1.54, 1.807) is 13.8 Å². The number of aliphatic imine (C=N–C) groups is 1. The first kappa shape index (κ1) is 18.5. The van der Waals surface area contributed by atoms with Crippen LogP contribution in [0.4, 0.5) is 13.2 Å². The van der Waals surface area contributed by atoms with Crippen molar-refractivity contribution in [3.05, 3.63) is 0 Å². The Bertz CT molecular complexity index is 340. The van der Waals surface area contributed by atoms with Crippen LogP contribution in [0.5, 0.6) is 0 Å². The summed E-state index contributed by atoms with van der Waals surface area (Å²) in [6, 6.07) is 0. The molecule has 0 radical (unpaired) electrons. The van der Waals surface area contributed by atoms with E-state index in [1.165, 1.54) is 7.05 Å². The molecule has 118 valence electrons. The van der Waals surface area contributed by atoms with Crippen LogP contribution in [-0.2, 0) is 4.79 Å². The monoisotopic (exact) mass is 296 g/mol. The lowest BCUT2D eigenvalue weighted by atomic mass is 9.92. The summed E-state index contributed by atoms with van der Waals surface area (Å²) in [5, 5.41) is 8.11. The van der Waals surface area contributed by atoms with Crippen molar-refractivity contribution in [2.24, 2.45) is 10.4 Å². The van der Waals surface area contributed by atoms with Gasteiger partial charge in [0.1, 0.15) is 0 Å². The number of rotatable bonds is 6. The van der Waals surface area contributed by atoms with E-state index in [0.29, 0.717) is 6.54 Å². The molecule has 0 aromatic carbocycles. The molecule has 0 unspecified atom stereocenters. The van der Waals surface area contributed by atoms with Crippen LogP contribution in [0.3, 0.4) is 0 Å². The van der Waals surface area contributed by atoms with E-state index in [-0.39, 0.29) is 25.0 Å². The van der Waals surface area contributed by atoms with Gasteiger partial charge in [-0.3, -0.25) is 9.79 Å². The molecule has 0 rings (SSSR count). The Morgan fingerprint density at radius 3 is 2.20 bits per heavy atom. The summed E-state index contributed by atoms with van der Waals surface area (Å²) in [7, 11) is 1.46. The molecule has 0 aliphatic heterocycles. The average Bonchev–Trinajstić information content (AvgIpc) is 2.32. The minimum absolute atomic E-state index is 0.127. The standard InChI is InChI=1S/C12H23F3N4O/c1-5-17-9(20)11(2,3)8-19-10(16-4)18-7-6-12(13,14)15/h5-8H2,1-4H3,(H,17,20)(H2,16,18,19). The number of nitrogens with one attached hydrogen (secondary N) is 3. The number of nitrogens with zero attached hydrogens (tertiary/aromatic N) is 1. The first-order chi connectivity index (χ1) is 9.12. The Morgan fingerprint density at radius 2 is 1.75 bits per heavy atom. The van der Waals surface area contributed by atoms with Crippen molar-refractivity contribution < 1.29 is 18.0 Å². The maximum Gasteiger partial charge on any atom is 0.390 e. The predicted molar refractivity (Wildman–Crippen MR) is 72.5 cm³/mol. The van der Waals surface area contributed by atoms with Gasteiger partial charge in [0.15, 0.2) is 5.96 Å². The van der Waals surface area contributed by atoms with Crippen molar-refractivity contribution in [3.63, 3.8) is 0 Å². The number of hydrogen-bond acceptors (Lipinski definition) is 2. The van der Waals surface area contributed by atoms with Gasteiger partial charge < -0.3 is 16.0 Å². The summed E-state index contributed by atoms with van der Waals surface area (Å²) < 4.78 is 36.1. The SMILES string of the molecule is CCNC(=O)C(C)(C)CNC(=NC)NCCC(F)(F)F. The number of carbonyl (C=O) groups is 1. The van der Waals surface area contributed by atoms with Gasteiger partial charge >= 0.3 is 6.18 Å². The van der Waals surface area contributed by atoms with E-state index in [2.05, 4.69) is 20.9 Å². The summed E-state index contributed by atoms with van der Waals surface area (Å²) in [4.78, 5) is 15.6. The zero-order chi connectivity index (χ0) is 15.8. The van der Waals surface area contributed by atoms with Gasteiger partial charge in [-0.05, 0) is 20.8 Å². The van der Waals surface area contributed by atoms with Crippen LogP contribution >= 0.6 is 0 Å². The van der Waals surface area contributed by atoms with E-state index in [9.17, 15) is 18.0 Å². The fraction of sp³-hybridized carbons (Fsp3) is 0.833. The molecular formula is C12H23F3N4O. The quantitative estimate of drug-likeness (QED) is 0.511. The molecule has 0 saturated heterocycles. The maximum atomic E-state index is 12.0. The summed E-state index contributed by atoms with van der Waals surface area (Å²) in [6.07, 6.45) is -5.14. The lowest BCUT2D eigenvalue weighted by Gasteiger charge is -2.24. The molecule has 5 nitrogen and oxygen atoms in total. The molecule has 0 saturated carbocycles. The highest BCUT2D eigenvalue weighted by atomic mass is 19.4. The molecule has 0 aliphatic carbocycles. The minimum Gasteiger partial charge on any atom is -0.356 e. The van der Waals surface area contributed by atoms with Gasteiger partial charge in [-0.2, -0.15) is 13.2 Å². The van der Waals surface area contributed by atoms with Crippen LogP contribution < -0.4 is 16.0 Å². The van der Waals surface area contributed by atoms with Gasteiger partial charge in [-0.25, -0.2) is 0 Å². The summed E-state index contributed by atoms with van der Waals surface area (Å²) in [5.74, 6) is 0.116. The minimum atomic E-state index is -4.20. The van der Waals surface area contributed by atoms with Gasteiger partial charge in [0.2, 0.25) is 5.91 Å². The van der Waals surface area contributed by atoms with E-state index in [4.69, 9.17) is 0 Å². The molecule has 0 bridgehead atoms. The summed E-state index contributed by atoms with van der Waals surface area (Å²) in [6.45, 7) is 5.84. The van der Waals surface area contributed by atoms with E-state index in [1.807, 2.05) is 6.92 Å².